The highest BCUT2D eigenvalue weighted by Gasteiger charge is 2.32. The van der Waals surface area contributed by atoms with Gasteiger partial charge in [-0.1, -0.05) is 27.7 Å². The lowest BCUT2D eigenvalue weighted by atomic mass is 9.88. The summed E-state index contributed by atoms with van der Waals surface area (Å²) in [6, 6.07) is 0.664. The van der Waals surface area contributed by atoms with Crippen LogP contribution in [0.2, 0.25) is 0 Å². The quantitative estimate of drug-likeness (QED) is 0.735. The maximum absolute atomic E-state index is 9.32. The van der Waals surface area contributed by atoms with Crippen LogP contribution in [0.1, 0.15) is 53.4 Å². The third-order valence-corrected chi connectivity index (χ3v) is 4.02. The van der Waals surface area contributed by atoms with Crippen LogP contribution in [0.15, 0.2) is 0 Å². The predicted octanol–water partition coefficient (Wildman–Crippen LogP) is 2.56. The molecule has 0 saturated heterocycles. The van der Waals surface area contributed by atoms with Gasteiger partial charge in [-0.05, 0) is 31.1 Å². The van der Waals surface area contributed by atoms with E-state index >= 15 is 0 Å². The number of hydrogen-bond acceptors (Lipinski definition) is 2. The third-order valence-electron chi connectivity index (χ3n) is 4.02. The van der Waals surface area contributed by atoms with E-state index < -0.39 is 0 Å². The molecule has 0 bridgehead atoms. The number of rotatable bonds is 5. The average Bonchev–Trinajstić information content (AvgIpc) is 2.55. The molecule has 2 N–H and O–H groups in total. The van der Waals surface area contributed by atoms with Crippen LogP contribution in [0.5, 0.6) is 0 Å². The third kappa shape index (κ3) is 3.76. The first-order valence-corrected chi connectivity index (χ1v) is 6.25. The van der Waals surface area contributed by atoms with Crippen molar-refractivity contribution in [1.82, 2.24) is 5.32 Å². The van der Waals surface area contributed by atoms with Crippen LogP contribution in [0, 0.1) is 10.8 Å². The molecule has 0 amide bonds. The van der Waals surface area contributed by atoms with Crippen molar-refractivity contribution >= 4 is 0 Å². The zero-order chi connectivity index (χ0) is 11.5. The molecule has 2 unspecified atom stereocenters. The lowest BCUT2D eigenvalue weighted by Gasteiger charge is -2.28. The SMILES string of the molecule is CCC(C)(CO)CNC1CCC(C)(C)C1. The Hall–Kier alpha value is -0.0800. The second-order valence-electron chi connectivity index (χ2n) is 6.31. The molecule has 1 aliphatic rings. The number of nitrogens with one attached hydrogen (secondary N) is 1. The van der Waals surface area contributed by atoms with Crippen LogP contribution in [-0.2, 0) is 0 Å². The largest absolute Gasteiger partial charge is 0.396 e. The smallest absolute Gasteiger partial charge is 0.0496 e. The minimum absolute atomic E-state index is 0.0622. The molecule has 2 atom stereocenters. The zero-order valence-electron chi connectivity index (χ0n) is 10.8. The van der Waals surface area contributed by atoms with E-state index in [4.69, 9.17) is 0 Å². The maximum Gasteiger partial charge on any atom is 0.0496 e. The van der Waals surface area contributed by atoms with Gasteiger partial charge in [-0.2, -0.15) is 0 Å². The predicted molar refractivity (Wildman–Crippen MR) is 64.9 cm³/mol. The summed E-state index contributed by atoms with van der Waals surface area (Å²) in [5.41, 5.74) is 0.576. The molecule has 1 saturated carbocycles. The highest BCUT2D eigenvalue weighted by atomic mass is 16.3. The molecule has 1 fully saturated rings. The van der Waals surface area contributed by atoms with Crippen LogP contribution in [0.25, 0.3) is 0 Å². The molecule has 0 spiro atoms. The number of hydrogen-bond donors (Lipinski definition) is 2. The number of aliphatic hydroxyl groups excluding tert-OH is 1. The molecule has 0 aromatic rings. The molecular formula is C13H27NO. The van der Waals surface area contributed by atoms with Gasteiger partial charge in [-0.3, -0.25) is 0 Å². The van der Waals surface area contributed by atoms with Gasteiger partial charge in [0.15, 0.2) is 0 Å². The lowest BCUT2D eigenvalue weighted by molar-refractivity contribution is 0.131. The van der Waals surface area contributed by atoms with Gasteiger partial charge in [0.1, 0.15) is 0 Å². The summed E-state index contributed by atoms with van der Waals surface area (Å²) < 4.78 is 0. The monoisotopic (exact) mass is 213 g/mol. The minimum Gasteiger partial charge on any atom is -0.396 e. The highest BCUT2D eigenvalue weighted by molar-refractivity contribution is 4.88. The molecule has 0 radical (unpaired) electrons. The van der Waals surface area contributed by atoms with E-state index in [2.05, 4.69) is 33.0 Å². The Balaban J connectivity index is 2.32. The Morgan fingerprint density at radius 3 is 2.53 bits per heavy atom. The number of aliphatic hydroxyl groups is 1. The zero-order valence-corrected chi connectivity index (χ0v) is 10.8. The summed E-state index contributed by atoms with van der Waals surface area (Å²) in [7, 11) is 0. The van der Waals surface area contributed by atoms with Crippen molar-refractivity contribution in [2.45, 2.75) is 59.4 Å². The van der Waals surface area contributed by atoms with Gasteiger partial charge >= 0.3 is 0 Å². The van der Waals surface area contributed by atoms with Gasteiger partial charge in [0.25, 0.3) is 0 Å². The van der Waals surface area contributed by atoms with Gasteiger partial charge in [0, 0.05) is 24.6 Å². The summed E-state index contributed by atoms with van der Waals surface area (Å²) in [4.78, 5) is 0. The molecule has 2 heteroatoms. The summed E-state index contributed by atoms with van der Waals surface area (Å²) in [6.07, 6.45) is 4.93. The Morgan fingerprint density at radius 1 is 1.47 bits per heavy atom. The van der Waals surface area contributed by atoms with Crippen molar-refractivity contribution < 1.29 is 5.11 Å². The van der Waals surface area contributed by atoms with Crippen LogP contribution < -0.4 is 5.32 Å². The van der Waals surface area contributed by atoms with Crippen LogP contribution >= 0.6 is 0 Å². The summed E-state index contributed by atoms with van der Waals surface area (Å²) in [6.45, 7) is 10.2. The topological polar surface area (TPSA) is 32.3 Å². The summed E-state index contributed by atoms with van der Waals surface area (Å²) in [5.74, 6) is 0. The molecule has 1 aliphatic carbocycles. The Labute approximate surface area is 94.5 Å². The Kier molecular flexibility index (Phi) is 4.19. The van der Waals surface area contributed by atoms with E-state index in [0.717, 1.165) is 13.0 Å². The van der Waals surface area contributed by atoms with Crippen LogP contribution in [-0.4, -0.2) is 24.3 Å². The molecule has 90 valence electrons. The summed E-state index contributed by atoms with van der Waals surface area (Å²) >= 11 is 0. The van der Waals surface area contributed by atoms with Gasteiger partial charge in [0.05, 0.1) is 0 Å². The van der Waals surface area contributed by atoms with E-state index in [-0.39, 0.29) is 12.0 Å². The second kappa shape index (κ2) is 4.84. The summed E-state index contributed by atoms with van der Waals surface area (Å²) in [5, 5.41) is 12.9. The fraction of sp³-hybridized carbons (Fsp3) is 1.00. The van der Waals surface area contributed by atoms with Crippen molar-refractivity contribution in [2.75, 3.05) is 13.2 Å². The molecule has 0 heterocycles. The fourth-order valence-corrected chi connectivity index (χ4v) is 2.29. The van der Waals surface area contributed by atoms with Gasteiger partial charge in [-0.15, -0.1) is 0 Å². The van der Waals surface area contributed by atoms with Crippen molar-refractivity contribution in [3.8, 4) is 0 Å². The van der Waals surface area contributed by atoms with Gasteiger partial charge < -0.3 is 10.4 Å². The van der Waals surface area contributed by atoms with E-state index in [9.17, 15) is 5.11 Å². The van der Waals surface area contributed by atoms with E-state index in [1.807, 2.05) is 0 Å². The molecule has 1 rings (SSSR count). The lowest BCUT2D eigenvalue weighted by Crippen LogP contribution is -2.39. The molecule has 0 aromatic carbocycles. The van der Waals surface area contributed by atoms with Gasteiger partial charge in [0.2, 0.25) is 0 Å². The molecule has 15 heavy (non-hydrogen) atoms. The van der Waals surface area contributed by atoms with E-state index in [1.165, 1.54) is 19.3 Å². The van der Waals surface area contributed by atoms with E-state index in [1.54, 1.807) is 0 Å². The Morgan fingerprint density at radius 2 is 2.13 bits per heavy atom. The first kappa shape index (κ1) is 13.0. The van der Waals surface area contributed by atoms with Crippen LogP contribution in [0.4, 0.5) is 0 Å². The average molecular weight is 213 g/mol. The second-order valence-corrected chi connectivity index (χ2v) is 6.31. The first-order valence-electron chi connectivity index (χ1n) is 6.25. The molecule has 0 aliphatic heterocycles. The first-order chi connectivity index (χ1) is 6.91. The van der Waals surface area contributed by atoms with Crippen molar-refractivity contribution in [3.05, 3.63) is 0 Å². The molecule has 2 nitrogen and oxygen atoms in total. The van der Waals surface area contributed by atoms with Crippen molar-refractivity contribution in [2.24, 2.45) is 10.8 Å². The molecule has 0 aromatic heterocycles. The highest BCUT2D eigenvalue weighted by Crippen LogP contribution is 2.37. The Bertz CT molecular complexity index is 197. The normalized spacial score (nSPS) is 29.0. The van der Waals surface area contributed by atoms with Crippen molar-refractivity contribution in [3.63, 3.8) is 0 Å². The van der Waals surface area contributed by atoms with E-state index in [0.29, 0.717) is 11.5 Å². The van der Waals surface area contributed by atoms with Crippen molar-refractivity contribution in [1.29, 1.82) is 0 Å². The van der Waals surface area contributed by atoms with Crippen LogP contribution in [0.3, 0.4) is 0 Å². The van der Waals surface area contributed by atoms with Gasteiger partial charge in [-0.25, -0.2) is 0 Å². The fourth-order valence-electron chi connectivity index (χ4n) is 2.29. The molecular weight excluding hydrogens is 186 g/mol. The standard InChI is InChI=1S/C13H27NO/c1-5-13(4,10-15)9-14-11-6-7-12(2,3)8-11/h11,14-15H,5-10H2,1-4H3. The minimum atomic E-state index is 0.0622. The maximum atomic E-state index is 9.32.